The van der Waals surface area contributed by atoms with E-state index in [2.05, 4.69) is 22.4 Å². The molecule has 128 valence electrons. The van der Waals surface area contributed by atoms with Crippen LogP contribution in [0.1, 0.15) is 28.7 Å². The first kappa shape index (κ1) is 16.6. The summed E-state index contributed by atoms with van der Waals surface area (Å²) in [6.07, 6.45) is 7.02. The third-order valence-electron chi connectivity index (χ3n) is 4.46. The normalized spacial score (nSPS) is 13.9. The van der Waals surface area contributed by atoms with Crippen molar-refractivity contribution in [1.29, 1.82) is 0 Å². The minimum Gasteiger partial charge on any atom is -0.326 e. The minimum absolute atomic E-state index is 0.0778. The van der Waals surface area contributed by atoms with Crippen molar-refractivity contribution in [2.45, 2.75) is 12.8 Å². The number of hydrogen-bond donors (Lipinski definition) is 1. The van der Waals surface area contributed by atoms with Crippen molar-refractivity contribution >= 4 is 34.8 Å². The lowest BCUT2D eigenvalue weighted by Crippen LogP contribution is -2.18. The summed E-state index contributed by atoms with van der Waals surface area (Å²) in [5, 5.41) is 3.65. The molecular formula is C22H17ClN2O. The van der Waals surface area contributed by atoms with Crippen LogP contribution in [-0.4, -0.2) is 10.9 Å². The molecule has 0 atom stereocenters. The predicted molar refractivity (Wildman–Crippen MR) is 106 cm³/mol. The number of pyridine rings is 1. The van der Waals surface area contributed by atoms with E-state index in [1.54, 1.807) is 6.20 Å². The Balaban J connectivity index is 1.82. The molecule has 3 nitrogen and oxygen atoms in total. The molecule has 4 rings (SSSR count). The van der Waals surface area contributed by atoms with Gasteiger partial charge in [0.15, 0.2) is 0 Å². The van der Waals surface area contributed by atoms with E-state index in [4.69, 9.17) is 11.6 Å². The number of fused-ring (bicyclic) bond motifs is 1. The van der Waals surface area contributed by atoms with Crippen LogP contribution in [-0.2, 0) is 11.2 Å². The number of carbonyl (C=O) groups excluding carboxylic acids is 1. The molecule has 4 heteroatoms. The van der Waals surface area contributed by atoms with E-state index in [-0.39, 0.29) is 5.91 Å². The quantitative estimate of drug-likeness (QED) is 0.696. The van der Waals surface area contributed by atoms with Crippen LogP contribution in [0.15, 0.2) is 67.0 Å². The Morgan fingerprint density at radius 1 is 1.04 bits per heavy atom. The van der Waals surface area contributed by atoms with Crippen molar-refractivity contribution in [3.63, 3.8) is 0 Å². The first-order valence-corrected chi connectivity index (χ1v) is 8.88. The largest absolute Gasteiger partial charge is 0.326 e. The first-order valence-electron chi connectivity index (χ1n) is 8.50. The highest BCUT2D eigenvalue weighted by atomic mass is 35.5. The van der Waals surface area contributed by atoms with Crippen LogP contribution in [0.2, 0.25) is 5.02 Å². The van der Waals surface area contributed by atoms with Gasteiger partial charge in [-0.15, -0.1) is 0 Å². The molecule has 0 unspecified atom stereocenters. The van der Waals surface area contributed by atoms with Crippen molar-refractivity contribution in [3.8, 4) is 0 Å². The second-order valence-electron chi connectivity index (χ2n) is 6.27. The van der Waals surface area contributed by atoms with E-state index in [0.29, 0.717) is 11.4 Å². The second-order valence-corrected chi connectivity index (χ2v) is 6.71. The number of anilines is 1. The number of nitrogens with zero attached hydrogens (tertiary/aromatic N) is 1. The summed E-state index contributed by atoms with van der Waals surface area (Å²) >= 11 is 6.06. The van der Waals surface area contributed by atoms with Gasteiger partial charge in [0.1, 0.15) is 0 Å². The molecule has 0 radical (unpaired) electrons. The van der Waals surface area contributed by atoms with Crippen molar-refractivity contribution in [2.24, 2.45) is 0 Å². The molecule has 0 spiro atoms. The van der Waals surface area contributed by atoms with Crippen LogP contribution in [0.3, 0.4) is 0 Å². The molecule has 1 aliphatic heterocycles. The Morgan fingerprint density at radius 3 is 2.62 bits per heavy atom. The van der Waals surface area contributed by atoms with Gasteiger partial charge in [-0.25, -0.2) is 0 Å². The van der Waals surface area contributed by atoms with Crippen molar-refractivity contribution in [3.05, 3.63) is 94.3 Å². The summed E-state index contributed by atoms with van der Waals surface area (Å²) in [5.41, 5.74) is 6.37. The van der Waals surface area contributed by atoms with E-state index in [1.807, 2.05) is 54.7 Å². The number of aromatic nitrogens is 1. The van der Waals surface area contributed by atoms with Gasteiger partial charge in [-0.1, -0.05) is 35.9 Å². The fourth-order valence-corrected chi connectivity index (χ4v) is 3.27. The summed E-state index contributed by atoms with van der Waals surface area (Å²) in [6.45, 7) is 0. The molecule has 0 bridgehead atoms. The number of amides is 1. The topological polar surface area (TPSA) is 42.0 Å². The lowest BCUT2D eigenvalue weighted by molar-refractivity contribution is -0.116. The molecule has 1 N–H and O–H groups in total. The standard InChI is InChI=1S/C22H17ClN2O/c23-19-7-3-16(4-8-19)20(12-15-2-1-11-24-14-15)17-5-9-21-18(13-17)6-10-22(26)25-21/h1-5,7-9,11-14H,6,10H2,(H,25,26). The van der Waals surface area contributed by atoms with Crippen LogP contribution in [0.4, 0.5) is 5.69 Å². The third-order valence-corrected chi connectivity index (χ3v) is 4.71. The molecule has 0 fully saturated rings. The van der Waals surface area contributed by atoms with E-state index in [0.717, 1.165) is 39.9 Å². The third kappa shape index (κ3) is 3.53. The molecule has 0 saturated carbocycles. The highest BCUT2D eigenvalue weighted by Gasteiger charge is 2.16. The average molecular weight is 361 g/mol. The Labute approximate surface area is 157 Å². The van der Waals surface area contributed by atoms with Gasteiger partial charge in [-0.2, -0.15) is 0 Å². The van der Waals surface area contributed by atoms with Gasteiger partial charge in [0.05, 0.1) is 0 Å². The van der Waals surface area contributed by atoms with E-state index in [1.165, 1.54) is 0 Å². The van der Waals surface area contributed by atoms with Gasteiger partial charge >= 0.3 is 0 Å². The van der Waals surface area contributed by atoms with Gasteiger partial charge < -0.3 is 5.32 Å². The predicted octanol–water partition coefficient (Wildman–Crippen LogP) is 5.21. The number of hydrogen-bond acceptors (Lipinski definition) is 2. The van der Waals surface area contributed by atoms with Crippen molar-refractivity contribution < 1.29 is 4.79 Å². The smallest absolute Gasteiger partial charge is 0.224 e. The van der Waals surface area contributed by atoms with E-state index >= 15 is 0 Å². The first-order chi connectivity index (χ1) is 12.7. The van der Waals surface area contributed by atoms with Gasteiger partial charge in [0.2, 0.25) is 5.91 Å². The molecule has 1 amide bonds. The van der Waals surface area contributed by atoms with Gasteiger partial charge in [-0.3, -0.25) is 9.78 Å². The van der Waals surface area contributed by atoms with Crippen LogP contribution in [0, 0.1) is 0 Å². The zero-order valence-corrected chi connectivity index (χ0v) is 14.8. The van der Waals surface area contributed by atoms with Crippen LogP contribution in [0.5, 0.6) is 0 Å². The molecule has 0 aliphatic carbocycles. The summed E-state index contributed by atoms with van der Waals surface area (Å²) in [7, 11) is 0. The fourth-order valence-electron chi connectivity index (χ4n) is 3.14. The van der Waals surface area contributed by atoms with Crippen LogP contribution >= 0.6 is 11.6 Å². The maximum atomic E-state index is 11.6. The van der Waals surface area contributed by atoms with Crippen LogP contribution < -0.4 is 5.32 Å². The number of nitrogens with one attached hydrogen (secondary N) is 1. The average Bonchev–Trinajstić information content (AvgIpc) is 2.67. The second kappa shape index (κ2) is 7.14. The fraction of sp³-hybridized carbons (Fsp3) is 0.0909. The number of carbonyl (C=O) groups is 1. The molecule has 1 aliphatic rings. The maximum Gasteiger partial charge on any atom is 0.224 e. The Hall–Kier alpha value is -2.91. The highest BCUT2D eigenvalue weighted by molar-refractivity contribution is 6.30. The Bertz CT molecular complexity index is 979. The van der Waals surface area contributed by atoms with E-state index < -0.39 is 0 Å². The number of halogens is 1. The molecule has 0 saturated heterocycles. The number of aryl methyl sites for hydroxylation is 1. The minimum atomic E-state index is 0.0778. The van der Waals surface area contributed by atoms with Gasteiger partial charge in [0, 0.05) is 29.5 Å². The Kier molecular flexibility index (Phi) is 4.55. The molecule has 26 heavy (non-hydrogen) atoms. The lowest BCUT2D eigenvalue weighted by Gasteiger charge is -2.19. The van der Waals surface area contributed by atoms with Gasteiger partial charge in [0.25, 0.3) is 0 Å². The van der Waals surface area contributed by atoms with E-state index in [9.17, 15) is 4.79 Å². The Morgan fingerprint density at radius 2 is 1.85 bits per heavy atom. The number of benzene rings is 2. The molecular weight excluding hydrogens is 344 g/mol. The highest BCUT2D eigenvalue weighted by Crippen LogP contribution is 2.31. The monoisotopic (exact) mass is 360 g/mol. The van der Waals surface area contributed by atoms with Crippen LogP contribution in [0.25, 0.3) is 11.6 Å². The molecule has 2 heterocycles. The molecule has 3 aromatic rings. The van der Waals surface area contributed by atoms with Crippen molar-refractivity contribution in [1.82, 2.24) is 4.98 Å². The zero-order valence-electron chi connectivity index (χ0n) is 14.1. The lowest BCUT2D eigenvalue weighted by atomic mass is 9.92. The number of rotatable bonds is 3. The zero-order chi connectivity index (χ0) is 17.9. The summed E-state index contributed by atoms with van der Waals surface area (Å²) in [4.78, 5) is 15.8. The summed E-state index contributed by atoms with van der Waals surface area (Å²) in [6, 6.07) is 18.0. The SMILES string of the molecule is O=C1CCc2cc(C(=Cc3cccnc3)c3ccc(Cl)cc3)ccc2N1. The maximum absolute atomic E-state index is 11.6. The summed E-state index contributed by atoms with van der Waals surface area (Å²) in [5.74, 6) is 0.0778. The van der Waals surface area contributed by atoms with Gasteiger partial charge in [-0.05, 0) is 70.7 Å². The molecule has 2 aromatic carbocycles. The van der Waals surface area contributed by atoms with Crippen molar-refractivity contribution in [2.75, 3.05) is 5.32 Å². The molecule has 1 aromatic heterocycles. The summed E-state index contributed by atoms with van der Waals surface area (Å²) < 4.78 is 0.